The summed E-state index contributed by atoms with van der Waals surface area (Å²) in [5, 5.41) is 11.6. The topological polar surface area (TPSA) is 65.5 Å². The summed E-state index contributed by atoms with van der Waals surface area (Å²) in [5.41, 5.74) is -3.70. The summed E-state index contributed by atoms with van der Waals surface area (Å²) in [4.78, 5) is 18.2. The highest BCUT2D eigenvalue weighted by molar-refractivity contribution is 9.10. The Hall–Kier alpha value is -1.78. The number of carbonyl (C=O) groups is 1. The molecule has 0 fully saturated rings. The van der Waals surface area contributed by atoms with Crippen molar-refractivity contribution >= 4 is 45.1 Å². The van der Waals surface area contributed by atoms with E-state index in [1.807, 2.05) is 0 Å². The zero-order chi connectivity index (χ0) is 19.3. The smallest absolute Gasteiger partial charge is 0.395 e. The van der Waals surface area contributed by atoms with Gasteiger partial charge in [-0.25, -0.2) is 4.98 Å². The fourth-order valence-corrected chi connectivity index (χ4v) is 3.23. The van der Waals surface area contributed by atoms with Crippen LogP contribution in [0, 0.1) is 0 Å². The molecule has 26 heavy (non-hydrogen) atoms. The van der Waals surface area contributed by atoms with Crippen LogP contribution in [0.3, 0.4) is 0 Å². The average Bonchev–Trinajstić information content (AvgIpc) is 2.55. The van der Waals surface area contributed by atoms with Crippen molar-refractivity contribution in [2.45, 2.75) is 10.4 Å². The first-order valence-corrected chi connectivity index (χ1v) is 8.95. The fourth-order valence-electron chi connectivity index (χ4n) is 2.03. The van der Waals surface area contributed by atoms with Crippen LogP contribution in [-0.2, 0) is 0 Å². The molecule has 1 amide bonds. The number of amides is 1. The number of aliphatic hydroxyl groups is 1. The van der Waals surface area contributed by atoms with Crippen molar-refractivity contribution in [3.8, 4) is 0 Å². The summed E-state index contributed by atoms with van der Waals surface area (Å²) < 4.78 is 37.5. The molecule has 2 N–H and O–H groups in total. The molecule has 1 aromatic carbocycles. The first kappa shape index (κ1) is 20.5. The molecule has 0 saturated carbocycles. The number of pyridine rings is 1. The molecule has 0 saturated heterocycles. The standard InChI is InChI=1S/C16H15BrF3N3O2S/c1-23(6-7-24)14-13(17)8-10(9-21-14)15(25)22-11-2-4-12(5-3-11)26-16(18,19)20/h2-5,8-9,24H,6-7H2,1H3,(H,22,25). The third-order valence-corrected chi connectivity index (χ3v) is 4.55. The van der Waals surface area contributed by atoms with Gasteiger partial charge >= 0.3 is 5.51 Å². The largest absolute Gasteiger partial charge is 0.446 e. The summed E-state index contributed by atoms with van der Waals surface area (Å²) in [6, 6.07) is 6.96. The number of aliphatic hydroxyl groups excluding tert-OH is 1. The second-order valence-electron chi connectivity index (χ2n) is 5.20. The summed E-state index contributed by atoms with van der Waals surface area (Å²) in [5.74, 6) is 0.134. The Morgan fingerprint density at radius 2 is 2.00 bits per heavy atom. The normalized spacial score (nSPS) is 11.3. The van der Waals surface area contributed by atoms with Crippen LogP contribution < -0.4 is 10.2 Å². The van der Waals surface area contributed by atoms with Crippen LogP contribution in [0.1, 0.15) is 10.4 Å². The SMILES string of the molecule is CN(CCO)c1ncc(C(=O)Nc2ccc(SC(F)(F)F)cc2)cc1Br. The van der Waals surface area contributed by atoms with E-state index in [0.29, 0.717) is 22.5 Å². The maximum atomic E-state index is 12.3. The zero-order valence-corrected chi connectivity index (χ0v) is 16.0. The minimum absolute atomic E-state index is 0.0323. The molecule has 0 aliphatic heterocycles. The minimum atomic E-state index is -4.35. The van der Waals surface area contributed by atoms with Crippen LogP contribution in [0.4, 0.5) is 24.7 Å². The second-order valence-corrected chi connectivity index (χ2v) is 7.19. The third kappa shape index (κ3) is 5.89. The van der Waals surface area contributed by atoms with Crippen molar-refractivity contribution in [3.63, 3.8) is 0 Å². The predicted octanol–water partition coefficient (Wildman–Crippen LogP) is 4.14. The van der Waals surface area contributed by atoms with E-state index in [9.17, 15) is 18.0 Å². The van der Waals surface area contributed by atoms with Crippen LogP contribution in [-0.4, -0.2) is 41.7 Å². The van der Waals surface area contributed by atoms with Crippen LogP contribution in [0.25, 0.3) is 0 Å². The van der Waals surface area contributed by atoms with Gasteiger partial charge in [-0.3, -0.25) is 4.79 Å². The highest BCUT2D eigenvalue weighted by atomic mass is 79.9. The maximum absolute atomic E-state index is 12.3. The van der Waals surface area contributed by atoms with Crippen molar-refractivity contribution in [2.24, 2.45) is 0 Å². The Kier molecular flexibility index (Phi) is 6.90. The molecule has 2 rings (SSSR count). The average molecular weight is 450 g/mol. The van der Waals surface area contributed by atoms with E-state index in [2.05, 4.69) is 26.2 Å². The van der Waals surface area contributed by atoms with Gasteiger partial charge in [0.1, 0.15) is 5.82 Å². The van der Waals surface area contributed by atoms with E-state index in [1.165, 1.54) is 30.5 Å². The summed E-state index contributed by atoms with van der Waals surface area (Å²) in [6.07, 6.45) is 1.39. The van der Waals surface area contributed by atoms with Crippen molar-refractivity contribution in [3.05, 3.63) is 46.6 Å². The van der Waals surface area contributed by atoms with E-state index < -0.39 is 11.4 Å². The van der Waals surface area contributed by atoms with Crippen molar-refractivity contribution in [1.29, 1.82) is 0 Å². The number of anilines is 2. The van der Waals surface area contributed by atoms with Gasteiger partial charge in [0, 0.05) is 30.4 Å². The molecule has 5 nitrogen and oxygen atoms in total. The molecular weight excluding hydrogens is 435 g/mol. The molecule has 0 atom stereocenters. The third-order valence-electron chi connectivity index (χ3n) is 3.23. The predicted molar refractivity (Wildman–Crippen MR) is 98.6 cm³/mol. The van der Waals surface area contributed by atoms with Crippen LogP contribution >= 0.6 is 27.7 Å². The van der Waals surface area contributed by atoms with Gasteiger partial charge in [0.2, 0.25) is 0 Å². The Morgan fingerprint density at radius 3 is 2.54 bits per heavy atom. The number of nitrogens with one attached hydrogen (secondary N) is 1. The molecule has 0 bridgehead atoms. The summed E-state index contributed by atoms with van der Waals surface area (Å²) >= 11 is 3.12. The number of halogens is 4. The molecule has 0 spiro atoms. The number of alkyl halides is 3. The molecule has 1 aromatic heterocycles. The lowest BCUT2D eigenvalue weighted by Gasteiger charge is -2.18. The molecule has 140 valence electrons. The van der Waals surface area contributed by atoms with Crippen LogP contribution in [0.2, 0.25) is 0 Å². The molecular formula is C16H15BrF3N3O2S. The lowest BCUT2D eigenvalue weighted by atomic mass is 10.2. The Labute approximate surface area is 160 Å². The van der Waals surface area contributed by atoms with Crippen molar-refractivity contribution in [2.75, 3.05) is 30.4 Å². The van der Waals surface area contributed by atoms with Crippen molar-refractivity contribution < 1.29 is 23.1 Å². The molecule has 0 aliphatic carbocycles. The van der Waals surface area contributed by atoms with Gasteiger partial charge < -0.3 is 15.3 Å². The van der Waals surface area contributed by atoms with Gasteiger partial charge in [0.15, 0.2) is 0 Å². The number of thioether (sulfide) groups is 1. The lowest BCUT2D eigenvalue weighted by Crippen LogP contribution is -2.23. The Bertz CT molecular complexity index is 772. The molecule has 1 heterocycles. The van der Waals surface area contributed by atoms with Gasteiger partial charge in [-0.2, -0.15) is 13.2 Å². The number of carbonyl (C=O) groups excluding carboxylic acids is 1. The lowest BCUT2D eigenvalue weighted by molar-refractivity contribution is -0.0328. The molecule has 2 aromatic rings. The van der Waals surface area contributed by atoms with Crippen LogP contribution in [0.5, 0.6) is 0 Å². The molecule has 10 heteroatoms. The van der Waals surface area contributed by atoms with E-state index >= 15 is 0 Å². The van der Waals surface area contributed by atoms with Gasteiger partial charge in [-0.05, 0) is 58.0 Å². The number of nitrogens with zero attached hydrogens (tertiary/aromatic N) is 2. The number of hydrogen-bond acceptors (Lipinski definition) is 5. The zero-order valence-electron chi connectivity index (χ0n) is 13.5. The number of benzene rings is 1. The Balaban J connectivity index is 2.06. The van der Waals surface area contributed by atoms with Crippen LogP contribution in [0.15, 0.2) is 45.9 Å². The van der Waals surface area contributed by atoms with Gasteiger partial charge in [-0.1, -0.05) is 0 Å². The highest BCUT2D eigenvalue weighted by Gasteiger charge is 2.29. The quantitative estimate of drug-likeness (QED) is 0.648. The molecule has 0 aliphatic rings. The van der Waals surface area contributed by atoms with E-state index in [4.69, 9.17) is 5.11 Å². The summed E-state index contributed by atoms with van der Waals surface area (Å²) in [7, 11) is 1.75. The number of rotatable bonds is 6. The van der Waals surface area contributed by atoms with Gasteiger partial charge in [0.25, 0.3) is 5.91 Å². The van der Waals surface area contributed by atoms with Gasteiger partial charge in [0.05, 0.1) is 16.6 Å². The number of aromatic nitrogens is 1. The number of likely N-dealkylation sites (N-methyl/N-ethyl adjacent to an activating group) is 1. The maximum Gasteiger partial charge on any atom is 0.446 e. The first-order valence-electron chi connectivity index (χ1n) is 7.34. The highest BCUT2D eigenvalue weighted by Crippen LogP contribution is 2.37. The number of hydrogen-bond donors (Lipinski definition) is 2. The monoisotopic (exact) mass is 449 g/mol. The minimum Gasteiger partial charge on any atom is -0.395 e. The Morgan fingerprint density at radius 1 is 1.35 bits per heavy atom. The summed E-state index contributed by atoms with van der Waals surface area (Å²) in [6.45, 7) is 0.356. The second kappa shape index (κ2) is 8.74. The fraction of sp³-hybridized carbons (Fsp3) is 0.250. The van der Waals surface area contributed by atoms with Crippen molar-refractivity contribution in [1.82, 2.24) is 4.98 Å². The van der Waals surface area contributed by atoms with E-state index in [-0.39, 0.29) is 28.8 Å². The first-order chi connectivity index (χ1) is 12.2. The van der Waals surface area contributed by atoms with E-state index in [0.717, 1.165) is 0 Å². The molecule has 0 unspecified atom stereocenters. The van der Waals surface area contributed by atoms with Gasteiger partial charge in [-0.15, -0.1) is 0 Å². The molecule has 0 radical (unpaired) electrons. The van der Waals surface area contributed by atoms with E-state index in [1.54, 1.807) is 18.0 Å².